The third-order valence-electron chi connectivity index (χ3n) is 3.59. The Labute approximate surface area is 131 Å². The highest BCUT2D eigenvalue weighted by Crippen LogP contribution is 2.28. The number of aryl methyl sites for hydroxylation is 3. The number of nitrogens with zero attached hydrogens (tertiary/aromatic N) is 1. The fraction of sp³-hybridized carbons (Fsp3) is 0.471. The maximum absolute atomic E-state index is 5.20. The van der Waals surface area contributed by atoms with Crippen LogP contribution in [0.1, 0.15) is 40.5 Å². The Kier molecular flexibility index (Phi) is 5.76. The number of ether oxygens (including phenoxy) is 1. The van der Waals surface area contributed by atoms with Crippen molar-refractivity contribution in [1.82, 2.24) is 10.3 Å². The summed E-state index contributed by atoms with van der Waals surface area (Å²) in [6.45, 7) is 7.32. The lowest BCUT2D eigenvalue weighted by Gasteiger charge is -2.17. The molecule has 1 atom stereocenters. The summed E-state index contributed by atoms with van der Waals surface area (Å²) < 4.78 is 5.20. The molecule has 1 heterocycles. The van der Waals surface area contributed by atoms with Crippen molar-refractivity contribution in [3.63, 3.8) is 0 Å². The molecule has 0 bridgehead atoms. The monoisotopic (exact) mass is 304 g/mol. The van der Waals surface area contributed by atoms with Crippen molar-refractivity contribution in [3.05, 3.63) is 45.4 Å². The van der Waals surface area contributed by atoms with Crippen LogP contribution in [0, 0.1) is 13.8 Å². The number of rotatable bonds is 7. The van der Waals surface area contributed by atoms with Crippen molar-refractivity contribution < 1.29 is 4.74 Å². The molecule has 0 radical (unpaired) electrons. The van der Waals surface area contributed by atoms with Crippen LogP contribution in [0.25, 0.3) is 0 Å². The van der Waals surface area contributed by atoms with Gasteiger partial charge in [0, 0.05) is 10.9 Å². The van der Waals surface area contributed by atoms with Gasteiger partial charge in [0.15, 0.2) is 0 Å². The van der Waals surface area contributed by atoms with E-state index in [0.717, 1.165) is 35.8 Å². The third kappa shape index (κ3) is 4.29. The molecule has 1 aromatic heterocycles. The summed E-state index contributed by atoms with van der Waals surface area (Å²) in [7, 11) is 1.70. The topological polar surface area (TPSA) is 34.1 Å². The number of thiazole rings is 1. The van der Waals surface area contributed by atoms with Gasteiger partial charge < -0.3 is 10.1 Å². The van der Waals surface area contributed by atoms with E-state index >= 15 is 0 Å². The SMILES string of the molecule is CCNC(CCc1ccc(OC)cc1)c1sc(C)nc1C. The molecular formula is C17H24N2OS. The van der Waals surface area contributed by atoms with Gasteiger partial charge in [-0.05, 0) is 50.9 Å². The molecule has 0 amide bonds. The molecule has 2 rings (SSSR count). The van der Waals surface area contributed by atoms with Crippen LogP contribution in [0.15, 0.2) is 24.3 Å². The Morgan fingerprint density at radius 1 is 1.24 bits per heavy atom. The minimum atomic E-state index is 0.392. The zero-order chi connectivity index (χ0) is 15.2. The van der Waals surface area contributed by atoms with Crippen LogP contribution in [-0.2, 0) is 6.42 Å². The average molecular weight is 304 g/mol. The second-order valence-electron chi connectivity index (χ2n) is 5.18. The Morgan fingerprint density at radius 2 is 1.95 bits per heavy atom. The van der Waals surface area contributed by atoms with Crippen LogP contribution in [0.4, 0.5) is 0 Å². The van der Waals surface area contributed by atoms with Crippen molar-refractivity contribution in [3.8, 4) is 5.75 Å². The minimum Gasteiger partial charge on any atom is -0.497 e. The van der Waals surface area contributed by atoms with Gasteiger partial charge in [-0.15, -0.1) is 11.3 Å². The van der Waals surface area contributed by atoms with Crippen molar-refractivity contribution >= 4 is 11.3 Å². The zero-order valence-electron chi connectivity index (χ0n) is 13.3. The highest BCUT2D eigenvalue weighted by atomic mass is 32.1. The number of benzene rings is 1. The molecule has 0 aliphatic carbocycles. The van der Waals surface area contributed by atoms with E-state index in [9.17, 15) is 0 Å². The Hall–Kier alpha value is -1.39. The largest absolute Gasteiger partial charge is 0.497 e. The molecule has 1 aromatic carbocycles. The molecule has 1 N–H and O–H groups in total. The molecule has 2 aromatic rings. The molecule has 0 saturated carbocycles. The lowest BCUT2D eigenvalue weighted by molar-refractivity contribution is 0.414. The molecule has 0 saturated heterocycles. The second kappa shape index (κ2) is 7.57. The molecule has 21 heavy (non-hydrogen) atoms. The lowest BCUT2D eigenvalue weighted by Crippen LogP contribution is -2.21. The van der Waals surface area contributed by atoms with E-state index in [-0.39, 0.29) is 0 Å². The van der Waals surface area contributed by atoms with Crippen LogP contribution in [0.3, 0.4) is 0 Å². The maximum Gasteiger partial charge on any atom is 0.118 e. The van der Waals surface area contributed by atoms with Gasteiger partial charge in [-0.25, -0.2) is 4.98 Å². The summed E-state index contributed by atoms with van der Waals surface area (Å²) in [5.41, 5.74) is 2.51. The Bertz CT molecular complexity index is 563. The molecule has 114 valence electrons. The smallest absolute Gasteiger partial charge is 0.118 e. The predicted molar refractivity (Wildman–Crippen MR) is 89.3 cm³/mol. The summed E-state index contributed by atoms with van der Waals surface area (Å²) in [5, 5.41) is 4.74. The van der Waals surface area contributed by atoms with Crippen LogP contribution >= 0.6 is 11.3 Å². The van der Waals surface area contributed by atoms with Crippen LogP contribution in [0.5, 0.6) is 5.75 Å². The molecule has 0 aliphatic rings. The first kappa shape index (κ1) is 16.0. The van der Waals surface area contributed by atoms with E-state index in [4.69, 9.17) is 4.74 Å². The van der Waals surface area contributed by atoms with Gasteiger partial charge in [0.05, 0.1) is 17.8 Å². The fourth-order valence-electron chi connectivity index (χ4n) is 2.55. The highest BCUT2D eigenvalue weighted by Gasteiger charge is 2.16. The molecule has 0 aliphatic heterocycles. The molecule has 3 nitrogen and oxygen atoms in total. The summed E-state index contributed by atoms with van der Waals surface area (Å²) in [6, 6.07) is 8.74. The number of hydrogen-bond acceptors (Lipinski definition) is 4. The van der Waals surface area contributed by atoms with Gasteiger partial charge >= 0.3 is 0 Å². The maximum atomic E-state index is 5.20. The molecule has 1 unspecified atom stereocenters. The second-order valence-corrected chi connectivity index (χ2v) is 6.41. The van der Waals surface area contributed by atoms with Gasteiger partial charge in [-0.3, -0.25) is 0 Å². The Balaban J connectivity index is 2.04. The van der Waals surface area contributed by atoms with Crippen molar-refractivity contribution in [2.45, 2.75) is 39.7 Å². The molecular weight excluding hydrogens is 280 g/mol. The van der Waals surface area contributed by atoms with Gasteiger partial charge in [0.25, 0.3) is 0 Å². The van der Waals surface area contributed by atoms with Crippen LogP contribution in [-0.4, -0.2) is 18.6 Å². The highest BCUT2D eigenvalue weighted by molar-refractivity contribution is 7.11. The van der Waals surface area contributed by atoms with E-state index in [1.165, 1.54) is 10.4 Å². The van der Waals surface area contributed by atoms with Gasteiger partial charge in [-0.1, -0.05) is 19.1 Å². The molecule has 0 spiro atoms. The fourth-order valence-corrected chi connectivity index (χ4v) is 3.58. The lowest BCUT2D eigenvalue weighted by atomic mass is 10.0. The predicted octanol–water partition coefficient (Wildman–Crippen LogP) is 4.05. The number of hydrogen-bond donors (Lipinski definition) is 1. The zero-order valence-corrected chi connectivity index (χ0v) is 14.1. The van der Waals surface area contributed by atoms with Gasteiger partial charge in [0.2, 0.25) is 0 Å². The number of aromatic nitrogens is 1. The van der Waals surface area contributed by atoms with Crippen molar-refractivity contribution in [2.24, 2.45) is 0 Å². The average Bonchev–Trinajstić information content (AvgIpc) is 2.82. The summed E-state index contributed by atoms with van der Waals surface area (Å²) in [5.74, 6) is 0.913. The van der Waals surface area contributed by atoms with Crippen molar-refractivity contribution in [1.29, 1.82) is 0 Å². The summed E-state index contributed by atoms with van der Waals surface area (Å²) in [4.78, 5) is 5.93. The Morgan fingerprint density at radius 3 is 2.48 bits per heavy atom. The normalized spacial score (nSPS) is 12.4. The van der Waals surface area contributed by atoms with E-state index in [0.29, 0.717) is 6.04 Å². The quantitative estimate of drug-likeness (QED) is 0.838. The van der Waals surface area contributed by atoms with E-state index in [1.807, 2.05) is 23.5 Å². The first-order valence-corrected chi connectivity index (χ1v) is 8.26. The van der Waals surface area contributed by atoms with Gasteiger partial charge in [0.1, 0.15) is 5.75 Å². The van der Waals surface area contributed by atoms with E-state index in [1.54, 1.807) is 7.11 Å². The van der Waals surface area contributed by atoms with Crippen LogP contribution in [0.2, 0.25) is 0 Å². The minimum absolute atomic E-state index is 0.392. The summed E-state index contributed by atoms with van der Waals surface area (Å²) in [6.07, 6.45) is 2.14. The first-order valence-electron chi connectivity index (χ1n) is 7.44. The third-order valence-corrected chi connectivity index (χ3v) is 4.77. The van der Waals surface area contributed by atoms with E-state index < -0.39 is 0 Å². The number of methoxy groups -OCH3 is 1. The standard InChI is InChI=1S/C17H24N2OS/c1-5-18-16(17-12(2)19-13(3)21-17)11-8-14-6-9-15(20-4)10-7-14/h6-7,9-10,16,18H,5,8,11H2,1-4H3. The van der Waals surface area contributed by atoms with Gasteiger partial charge in [-0.2, -0.15) is 0 Å². The summed E-state index contributed by atoms with van der Waals surface area (Å²) >= 11 is 1.81. The van der Waals surface area contributed by atoms with Crippen LogP contribution < -0.4 is 10.1 Å². The molecule has 4 heteroatoms. The first-order chi connectivity index (χ1) is 10.1. The molecule has 0 fully saturated rings. The van der Waals surface area contributed by atoms with Crippen molar-refractivity contribution in [2.75, 3.05) is 13.7 Å². The van der Waals surface area contributed by atoms with E-state index in [2.05, 4.69) is 43.2 Å². The number of nitrogens with one attached hydrogen (secondary N) is 1.